The van der Waals surface area contributed by atoms with Crippen molar-refractivity contribution in [3.63, 3.8) is 0 Å². The van der Waals surface area contributed by atoms with Crippen LogP contribution in [0.4, 0.5) is 4.39 Å². The molecule has 0 aliphatic carbocycles. The highest BCUT2D eigenvalue weighted by molar-refractivity contribution is 6.34. The zero-order valence-electron chi connectivity index (χ0n) is 9.05. The van der Waals surface area contributed by atoms with Crippen LogP contribution >= 0.6 is 11.6 Å². The lowest BCUT2D eigenvalue weighted by molar-refractivity contribution is 0.391. The van der Waals surface area contributed by atoms with Gasteiger partial charge in [-0.2, -0.15) is 0 Å². The highest BCUT2D eigenvalue weighted by Crippen LogP contribution is 2.30. The number of hydrogen-bond donors (Lipinski definition) is 1. The summed E-state index contributed by atoms with van der Waals surface area (Å²) in [6.45, 7) is 4.20. The quantitative estimate of drug-likeness (QED) is 0.881. The summed E-state index contributed by atoms with van der Waals surface area (Å²) < 4.78 is 18.6. The summed E-state index contributed by atoms with van der Waals surface area (Å²) in [5.74, 6) is 0.0420. The molecule has 1 heterocycles. The number of aromatic nitrogens is 1. The van der Waals surface area contributed by atoms with Crippen LogP contribution in [-0.2, 0) is 5.41 Å². The van der Waals surface area contributed by atoms with Crippen molar-refractivity contribution in [2.75, 3.05) is 6.54 Å². The number of rotatable bonds is 2. The number of nitrogens with zero attached hydrogens (tertiary/aromatic N) is 1. The van der Waals surface area contributed by atoms with E-state index in [1.54, 1.807) is 0 Å². The molecular formula is C11H12ClFN2O. The predicted octanol–water partition coefficient (Wildman–Crippen LogP) is 2.86. The van der Waals surface area contributed by atoms with Crippen LogP contribution in [0.25, 0.3) is 11.1 Å². The highest BCUT2D eigenvalue weighted by Gasteiger charge is 2.25. The van der Waals surface area contributed by atoms with Crippen molar-refractivity contribution in [2.24, 2.45) is 5.73 Å². The fourth-order valence-electron chi connectivity index (χ4n) is 1.34. The minimum Gasteiger partial charge on any atom is -0.438 e. The summed E-state index contributed by atoms with van der Waals surface area (Å²) in [6, 6.07) is 2.50. The molecule has 2 N–H and O–H groups in total. The molecule has 0 amide bonds. The highest BCUT2D eigenvalue weighted by atomic mass is 35.5. The van der Waals surface area contributed by atoms with Crippen LogP contribution in [0.5, 0.6) is 0 Å². The second-order valence-electron chi connectivity index (χ2n) is 4.34. The third-order valence-electron chi connectivity index (χ3n) is 2.50. The molecule has 0 aliphatic heterocycles. The van der Waals surface area contributed by atoms with Gasteiger partial charge in [0.15, 0.2) is 5.58 Å². The molecule has 0 bridgehead atoms. The largest absolute Gasteiger partial charge is 0.438 e. The van der Waals surface area contributed by atoms with Gasteiger partial charge in [-0.1, -0.05) is 11.6 Å². The van der Waals surface area contributed by atoms with Gasteiger partial charge in [0.05, 0.1) is 10.4 Å². The molecule has 5 heteroatoms. The second kappa shape index (κ2) is 3.71. The molecule has 16 heavy (non-hydrogen) atoms. The van der Waals surface area contributed by atoms with Crippen molar-refractivity contribution in [1.82, 2.24) is 4.98 Å². The Morgan fingerprint density at radius 3 is 2.81 bits per heavy atom. The third-order valence-corrected chi connectivity index (χ3v) is 2.78. The fourth-order valence-corrected chi connectivity index (χ4v) is 1.58. The normalized spacial score (nSPS) is 12.3. The first kappa shape index (κ1) is 11.4. The van der Waals surface area contributed by atoms with Gasteiger partial charge in [0.25, 0.3) is 0 Å². The first-order valence-corrected chi connectivity index (χ1v) is 5.28. The predicted molar refractivity (Wildman–Crippen MR) is 61.1 cm³/mol. The Kier molecular flexibility index (Phi) is 2.64. The maximum absolute atomic E-state index is 13.1. The molecule has 2 rings (SSSR count). The van der Waals surface area contributed by atoms with Crippen molar-refractivity contribution in [2.45, 2.75) is 19.3 Å². The van der Waals surface area contributed by atoms with Crippen LogP contribution in [0.2, 0.25) is 5.02 Å². The average molecular weight is 243 g/mol. The fraction of sp³-hybridized carbons (Fsp3) is 0.364. The molecule has 3 nitrogen and oxygen atoms in total. The van der Waals surface area contributed by atoms with E-state index < -0.39 is 11.2 Å². The lowest BCUT2D eigenvalue weighted by Gasteiger charge is -2.16. The molecular weight excluding hydrogens is 231 g/mol. The number of hydrogen-bond acceptors (Lipinski definition) is 3. The van der Waals surface area contributed by atoms with Crippen LogP contribution in [-0.4, -0.2) is 11.5 Å². The summed E-state index contributed by atoms with van der Waals surface area (Å²) in [6.07, 6.45) is 0. The number of fused-ring (bicyclic) bond motifs is 1. The molecule has 0 saturated carbocycles. The Morgan fingerprint density at radius 2 is 2.19 bits per heavy atom. The van der Waals surface area contributed by atoms with Gasteiger partial charge in [0.2, 0.25) is 5.89 Å². The molecule has 1 aromatic carbocycles. The lowest BCUT2D eigenvalue weighted by atomic mass is 9.94. The van der Waals surface area contributed by atoms with Crippen LogP contribution in [0, 0.1) is 5.82 Å². The topological polar surface area (TPSA) is 52.0 Å². The minimum atomic E-state index is -0.428. The lowest BCUT2D eigenvalue weighted by Crippen LogP contribution is -2.28. The first-order chi connectivity index (χ1) is 7.44. The number of oxazole rings is 1. The van der Waals surface area contributed by atoms with Crippen molar-refractivity contribution >= 4 is 22.7 Å². The number of benzene rings is 1. The molecule has 0 aliphatic rings. The zero-order valence-corrected chi connectivity index (χ0v) is 9.81. The first-order valence-electron chi connectivity index (χ1n) is 4.90. The van der Waals surface area contributed by atoms with E-state index in [0.29, 0.717) is 23.5 Å². The van der Waals surface area contributed by atoms with E-state index in [0.717, 1.165) is 0 Å². The second-order valence-corrected chi connectivity index (χ2v) is 4.75. The minimum absolute atomic E-state index is 0.224. The summed E-state index contributed by atoms with van der Waals surface area (Å²) in [5, 5.41) is 0.224. The number of nitrogens with two attached hydrogens (primary N) is 1. The molecule has 0 radical (unpaired) electrons. The van der Waals surface area contributed by atoms with Crippen molar-refractivity contribution in [1.29, 1.82) is 0 Å². The zero-order chi connectivity index (χ0) is 11.9. The third kappa shape index (κ3) is 1.79. The van der Waals surface area contributed by atoms with Gasteiger partial charge >= 0.3 is 0 Å². The smallest absolute Gasteiger partial charge is 0.202 e. The van der Waals surface area contributed by atoms with E-state index >= 15 is 0 Å². The van der Waals surface area contributed by atoms with Gasteiger partial charge in [0, 0.05) is 12.6 Å². The Labute approximate surface area is 97.4 Å². The van der Waals surface area contributed by atoms with E-state index in [4.69, 9.17) is 21.8 Å². The summed E-state index contributed by atoms with van der Waals surface area (Å²) in [4.78, 5) is 4.21. The average Bonchev–Trinajstić information content (AvgIpc) is 2.62. The molecule has 0 unspecified atom stereocenters. The van der Waals surface area contributed by atoms with Crippen molar-refractivity contribution < 1.29 is 8.81 Å². The summed E-state index contributed by atoms with van der Waals surface area (Å²) in [5.41, 5.74) is 6.05. The number of halogens is 2. The van der Waals surface area contributed by atoms with Gasteiger partial charge in [-0.05, 0) is 19.9 Å². The molecule has 2 aromatic rings. The Balaban J connectivity index is 2.65. The van der Waals surface area contributed by atoms with Gasteiger partial charge < -0.3 is 10.2 Å². The van der Waals surface area contributed by atoms with Gasteiger partial charge in [-0.3, -0.25) is 0 Å². The molecule has 0 saturated heterocycles. The van der Waals surface area contributed by atoms with E-state index in [-0.39, 0.29) is 5.02 Å². The van der Waals surface area contributed by atoms with E-state index in [9.17, 15) is 4.39 Å². The monoisotopic (exact) mass is 242 g/mol. The van der Waals surface area contributed by atoms with Crippen molar-refractivity contribution in [3.8, 4) is 0 Å². The Bertz CT molecular complexity index is 536. The maximum atomic E-state index is 13.1. The Hall–Kier alpha value is -1.13. The Morgan fingerprint density at radius 1 is 1.50 bits per heavy atom. The van der Waals surface area contributed by atoms with E-state index in [1.165, 1.54) is 12.1 Å². The van der Waals surface area contributed by atoms with Gasteiger partial charge in [0.1, 0.15) is 11.3 Å². The SMILES string of the molecule is CC(C)(CN)c1nc2cc(F)cc(Cl)c2o1. The van der Waals surface area contributed by atoms with Gasteiger partial charge in [-0.15, -0.1) is 0 Å². The summed E-state index contributed by atoms with van der Waals surface area (Å²) >= 11 is 5.86. The van der Waals surface area contributed by atoms with Crippen LogP contribution in [0.3, 0.4) is 0 Å². The van der Waals surface area contributed by atoms with Gasteiger partial charge in [-0.25, -0.2) is 9.37 Å². The van der Waals surface area contributed by atoms with Crippen LogP contribution < -0.4 is 5.73 Å². The molecule has 0 atom stereocenters. The standard InChI is InChI=1S/C11H12ClFN2O/c1-11(2,5-14)10-15-8-4-6(13)3-7(12)9(8)16-10/h3-4H,5,14H2,1-2H3. The van der Waals surface area contributed by atoms with Crippen molar-refractivity contribution in [3.05, 3.63) is 28.9 Å². The molecule has 1 aromatic heterocycles. The molecule has 86 valence electrons. The molecule has 0 spiro atoms. The van der Waals surface area contributed by atoms with E-state index in [2.05, 4.69) is 4.98 Å². The van der Waals surface area contributed by atoms with Crippen LogP contribution in [0.15, 0.2) is 16.5 Å². The van der Waals surface area contributed by atoms with Crippen LogP contribution in [0.1, 0.15) is 19.7 Å². The van der Waals surface area contributed by atoms with E-state index in [1.807, 2.05) is 13.8 Å². The molecule has 0 fully saturated rings. The maximum Gasteiger partial charge on any atom is 0.202 e. The summed E-state index contributed by atoms with van der Waals surface area (Å²) in [7, 11) is 0.